The molecule has 0 aliphatic heterocycles. The minimum Gasteiger partial charge on any atom is -0.292 e. The molecular formula is C19H19N5O4. The van der Waals surface area contributed by atoms with Crippen LogP contribution in [-0.2, 0) is 6.54 Å². The molecule has 0 fully saturated rings. The lowest BCUT2D eigenvalue weighted by Crippen LogP contribution is -2.34. The summed E-state index contributed by atoms with van der Waals surface area (Å²) in [4.78, 5) is 35.9. The molecule has 2 aromatic carbocycles. The number of nitro groups is 1. The van der Waals surface area contributed by atoms with Crippen LogP contribution >= 0.6 is 0 Å². The number of amides is 1. The van der Waals surface area contributed by atoms with E-state index >= 15 is 0 Å². The van der Waals surface area contributed by atoms with Gasteiger partial charge in [0.15, 0.2) is 5.69 Å². The topological polar surface area (TPSA) is 119 Å². The Kier molecular flexibility index (Phi) is 5.64. The highest BCUT2D eigenvalue weighted by molar-refractivity contribution is 6.05. The van der Waals surface area contributed by atoms with E-state index in [-0.39, 0.29) is 22.6 Å². The first-order valence-electron chi connectivity index (χ1n) is 8.82. The van der Waals surface area contributed by atoms with Crippen molar-refractivity contribution in [3.05, 3.63) is 74.7 Å². The first-order valence-corrected chi connectivity index (χ1v) is 8.82. The molecule has 1 heterocycles. The normalized spacial score (nSPS) is 10.6. The van der Waals surface area contributed by atoms with E-state index in [1.54, 1.807) is 30.3 Å². The largest absolute Gasteiger partial charge is 0.294 e. The van der Waals surface area contributed by atoms with Crippen LogP contribution in [0.5, 0.6) is 0 Å². The van der Waals surface area contributed by atoms with Crippen molar-refractivity contribution in [2.45, 2.75) is 26.3 Å². The van der Waals surface area contributed by atoms with Gasteiger partial charge in [0.05, 0.1) is 10.3 Å². The van der Waals surface area contributed by atoms with Gasteiger partial charge in [0.1, 0.15) is 5.69 Å². The van der Waals surface area contributed by atoms with Crippen LogP contribution in [0.1, 0.15) is 30.3 Å². The molecule has 0 aliphatic carbocycles. The molecule has 0 radical (unpaired) electrons. The van der Waals surface area contributed by atoms with Gasteiger partial charge in [-0.2, -0.15) is 5.10 Å². The predicted octanol–water partition coefficient (Wildman–Crippen LogP) is 2.86. The molecular weight excluding hydrogens is 362 g/mol. The Balaban J connectivity index is 1.94. The van der Waals surface area contributed by atoms with E-state index in [0.29, 0.717) is 17.3 Å². The van der Waals surface area contributed by atoms with Gasteiger partial charge in [-0.05, 0) is 18.6 Å². The number of aryl methyl sites for hydroxylation is 1. The quantitative estimate of drug-likeness (QED) is 0.480. The number of benzene rings is 2. The molecule has 144 valence electrons. The molecule has 0 saturated heterocycles. The second kappa shape index (κ2) is 8.30. The van der Waals surface area contributed by atoms with E-state index in [4.69, 9.17) is 0 Å². The van der Waals surface area contributed by atoms with Crippen LogP contribution in [0.15, 0.2) is 53.3 Å². The van der Waals surface area contributed by atoms with Gasteiger partial charge in [-0.15, -0.1) is 0 Å². The summed E-state index contributed by atoms with van der Waals surface area (Å²) in [6.45, 7) is 2.40. The molecule has 1 amide bonds. The molecule has 3 aromatic rings. The van der Waals surface area contributed by atoms with Gasteiger partial charge in [-0.1, -0.05) is 43.7 Å². The maximum absolute atomic E-state index is 12.7. The maximum Gasteiger partial charge on any atom is 0.294 e. The van der Waals surface area contributed by atoms with E-state index in [9.17, 15) is 19.7 Å². The number of anilines is 1. The number of fused-ring (bicyclic) bond motifs is 1. The first kappa shape index (κ1) is 19.0. The molecule has 0 bridgehead atoms. The van der Waals surface area contributed by atoms with Crippen LogP contribution in [0, 0.1) is 10.1 Å². The van der Waals surface area contributed by atoms with Gasteiger partial charge in [0, 0.05) is 18.0 Å². The lowest BCUT2D eigenvalue weighted by Gasteiger charge is -2.12. The Bertz CT molecular complexity index is 1090. The van der Waals surface area contributed by atoms with E-state index < -0.39 is 10.8 Å². The van der Waals surface area contributed by atoms with Gasteiger partial charge >= 0.3 is 0 Å². The number of hydrogen-bond donors (Lipinski definition) is 2. The van der Waals surface area contributed by atoms with Gasteiger partial charge in [-0.25, -0.2) is 4.68 Å². The van der Waals surface area contributed by atoms with Gasteiger partial charge in [-0.3, -0.25) is 30.6 Å². The van der Waals surface area contributed by atoms with Crippen molar-refractivity contribution in [2.24, 2.45) is 0 Å². The molecule has 9 nitrogen and oxygen atoms in total. The summed E-state index contributed by atoms with van der Waals surface area (Å²) >= 11 is 0. The lowest BCUT2D eigenvalue weighted by atomic mass is 10.1. The highest BCUT2D eigenvalue weighted by atomic mass is 16.6. The Hall–Kier alpha value is -3.75. The highest BCUT2D eigenvalue weighted by Crippen LogP contribution is 2.22. The zero-order valence-electron chi connectivity index (χ0n) is 15.2. The summed E-state index contributed by atoms with van der Waals surface area (Å²) in [5.74, 6) is -0.598. The fourth-order valence-corrected chi connectivity index (χ4v) is 2.78. The molecule has 3 rings (SSSR count). The number of hydrazine groups is 1. The average Bonchev–Trinajstić information content (AvgIpc) is 2.71. The minimum absolute atomic E-state index is 0.0670. The van der Waals surface area contributed by atoms with Crippen LogP contribution < -0.4 is 16.4 Å². The number of carbonyl (C=O) groups excluding carboxylic acids is 1. The van der Waals surface area contributed by atoms with Crippen molar-refractivity contribution < 1.29 is 9.72 Å². The third kappa shape index (κ3) is 3.83. The third-order valence-electron chi connectivity index (χ3n) is 4.22. The fourth-order valence-electron chi connectivity index (χ4n) is 2.78. The molecule has 0 aliphatic rings. The molecule has 2 N–H and O–H groups in total. The van der Waals surface area contributed by atoms with Crippen LogP contribution in [-0.4, -0.2) is 20.6 Å². The summed E-state index contributed by atoms with van der Waals surface area (Å²) in [5.41, 5.74) is 4.78. The van der Waals surface area contributed by atoms with E-state index in [0.717, 1.165) is 12.8 Å². The van der Waals surface area contributed by atoms with Crippen LogP contribution in [0.4, 0.5) is 11.4 Å². The molecule has 1 aromatic heterocycles. The van der Waals surface area contributed by atoms with Gasteiger partial charge in [0.25, 0.3) is 17.2 Å². The highest BCUT2D eigenvalue weighted by Gasteiger charge is 2.18. The predicted molar refractivity (Wildman–Crippen MR) is 105 cm³/mol. The molecule has 9 heteroatoms. The van der Waals surface area contributed by atoms with Crippen molar-refractivity contribution in [3.8, 4) is 0 Å². The van der Waals surface area contributed by atoms with Gasteiger partial charge < -0.3 is 0 Å². The Morgan fingerprint density at radius 3 is 2.54 bits per heavy atom. The van der Waals surface area contributed by atoms with Crippen LogP contribution in [0.3, 0.4) is 0 Å². The van der Waals surface area contributed by atoms with Crippen LogP contribution in [0.25, 0.3) is 10.8 Å². The molecule has 0 atom stereocenters. The van der Waals surface area contributed by atoms with E-state index in [2.05, 4.69) is 16.0 Å². The number of nitrogens with zero attached hydrogens (tertiary/aromatic N) is 3. The number of hydrogen-bond acceptors (Lipinski definition) is 6. The Labute approximate surface area is 160 Å². The summed E-state index contributed by atoms with van der Waals surface area (Å²) in [7, 11) is 0. The summed E-state index contributed by atoms with van der Waals surface area (Å²) < 4.78 is 1.28. The first-order chi connectivity index (χ1) is 13.5. The molecule has 28 heavy (non-hydrogen) atoms. The molecule has 0 spiro atoms. The minimum atomic E-state index is -0.598. The summed E-state index contributed by atoms with van der Waals surface area (Å²) in [6.07, 6.45) is 1.63. The fraction of sp³-hybridized carbons (Fsp3) is 0.211. The van der Waals surface area contributed by atoms with Crippen molar-refractivity contribution in [1.82, 2.24) is 15.2 Å². The maximum atomic E-state index is 12.7. The standard InChI is InChI=1S/C19H19N5O4/c1-2-3-12-23-19(26)14-9-5-4-8-13(14)17(22-23)18(25)21-20-15-10-6-7-11-16(15)24(27)28/h4-11,20H,2-3,12H2,1H3,(H,21,25). The average molecular weight is 381 g/mol. The molecule has 0 unspecified atom stereocenters. The van der Waals surface area contributed by atoms with E-state index in [1.807, 2.05) is 6.92 Å². The van der Waals surface area contributed by atoms with E-state index in [1.165, 1.54) is 22.9 Å². The number of nitro benzene ring substituents is 1. The van der Waals surface area contributed by atoms with Crippen molar-refractivity contribution in [2.75, 3.05) is 5.43 Å². The second-order valence-electron chi connectivity index (χ2n) is 6.13. The Morgan fingerprint density at radius 1 is 1.14 bits per heavy atom. The van der Waals surface area contributed by atoms with Crippen molar-refractivity contribution in [1.29, 1.82) is 0 Å². The summed E-state index contributed by atoms with van der Waals surface area (Å²) in [5, 5.41) is 16.1. The number of aromatic nitrogens is 2. The smallest absolute Gasteiger partial charge is 0.292 e. The zero-order valence-corrected chi connectivity index (χ0v) is 15.2. The number of para-hydroxylation sites is 2. The third-order valence-corrected chi connectivity index (χ3v) is 4.22. The zero-order chi connectivity index (χ0) is 20.1. The number of carbonyl (C=O) groups is 1. The summed E-state index contributed by atoms with van der Waals surface area (Å²) in [6, 6.07) is 12.7. The van der Waals surface area contributed by atoms with Crippen molar-refractivity contribution >= 4 is 28.1 Å². The molecule has 0 saturated carbocycles. The lowest BCUT2D eigenvalue weighted by molar-refractivity contribution is -0.384. The number of unbranched alkanes of at least 4 members (excludes halogenated alkanes) is 1. The Morgan fingerprint density at radius 2 is 1.82 bits per heavy atom. The number of rotatable bonds is 7. The van der Waals surface area contributed by atoms with Crippen LogP contribution in [0.2, 0.25) is 0 Å². The monoisotopic (exact) mass is 381 g/mol. The number of nitrogens with one attached hydrogen (secondary N) is 2. The van der Waals surface area contributed by atoms with Crippen molar-refractivity contribution in [3.63, 3.8) is 0 Å². The second-order valence-corrected chi connectivity index (χ2v) is 6.13. The SMILES string of the molecule is CCCCn1nc(C(=O)NNc2ccccc2[N+](=O)[O-])c2ccccc2c1=O. The van der Waals surface area contributed by atoms with Gasteiger partial charge in [0.2, 0.25) is 0 Å².